The number of carbonyl (C=O) groups is 2. The molecule has 1 aliphatic rings. The van der Waals surface area contributed by atoms with Crippen molar-refractivity contribution in [3.05, 3.63) is 29.8 Å². The first-order valence-electron chi connectivity index (χ1n) is 7.39. The quantitative estimate of drug-likeness (QED) is 0.835. The zero-order chi connectivity index (χ0) is 16.0. The van der Waals surface area contributed by atoms with Crippen LogP contribution in [0.25, 0.3) is 0 Å². The van der Waals surface area contributed by atoms with Crippen LogP contribution in [0, 0.1) is 5.41 Å². The van der Waals surface area contributed by atoms with Gasteiger partial charge in [0.2, 0.25) is 0 Å². The van der Waals surface area contributed by atoms with Crippen molar-refractivity contribution in [2.45, 2.75) is 19.8 Å². The molecule has 0 radical (unpaired) electrons. The molecule has 0 unspecified atom stereocenters. The molecule has 1 aliphatic heterocycles. The fourth-order valence-corrected chi connectivity index (χ4v) is 2.47. The van der Waals surface area contributed by atoms with E-state index in [9.17, 15) is 14.7 Å². The van der Waals surface area contributed by atoms with Gasteiger partial charge in [-0.2, -0.15) is 0 Å². The fourth-order valence-electron chi connectivity index (χ4n) is 2.47. The third-order valence-electron chi connectivity index (χ3n) is 3.90. The second-order valence-electron chi connectivity index (χ2n) is 5.34. The van der Waals surface area contributed by atoms with Gasteiger partial charge in [-0.05, 0) is 38.0 Å². The van der Waals surface area contributed by atoms with Gasteiger partial charge in [0.25, 0.3) is 5.91 Å². The maximum absolute atomic E-state index is 12.2. The normalized spacial score (nSPS) is 16.8. The van der Waals surface area contributed by atoms with E-state index < -0.39 is 11.4 Å². The average Bonchev–Trinajstić information content (AvgIpc) is 2.54. The van der Waals surface area contributed by atoms with Crippen molar-refractivity contribution in [1.29, 1.82) is 0 Å². The van der Waals surface area contributed by atoms with Crippen LogP contribution in [0.1, 0.15) is 30.1 Å². The maximum Gasteiger partial charge on any atom is 0.311 e. The Bertz CT molecular complexity index is 537. The Hall–Kier alpha value is -2.08. The fraction of sp³-hybridized carbons (Fsp3) is 0.500. The molecule has 1 saturated heterocycles. The van der Waals surface area contributed by atoms with Gasteiger partial charge in [-0.25, -0.2) is 0 Å². The molecule has 2 rings (SSSR count). The van der Waals surface area contributed by atoms with Crippen LogP contribution in [0.5, 0.6) is 5.75 Å². The largest absolute Gasteiger partial charge is 0.494 e. The molecule has 6 heteroatoms. The first-order chi connectivity index (χ1) is 10.6. The van der Waals surface area contributed by atoms with E-state index in [1.165, 1.54) is 0 Å². The molecule has 0 aromatic heterocycles. The van der Waals surface area contributed by atoms with E-state index in [-0.39, 0.29) is 12.5 Å². The zero-order valence-electron chi connectivity index (χ0n) is 12.6. The van der Waals surface area contributed by atoms with Gasteiger partial charge >= 0.3 is 5.97 Å². The highest BCUT2D eigenvalue weighted by molar-refractivity contribution is 5.94. The minimum absolute atomic E-state index is 0.101. The highest BCUT2D eigenvalue weighted by Gasteiger charge is 2.40. The summed E-state index contributed by atoms with van der Waals surface area (Å²) >= 11 is 0. The Balaban J connectivity index is 2.02. The molecule has 22 heavy (non-hydrogen) atoms. The Kier molecular flexibility index (Phi) is 5.38. The SMILES string of the molecule is CCOc1cccc(C(=O)NCC2(C(=O)O)CCOCC2)c1. The van der Waals surface area contributed by atoms with Crippen molar-refractivity contribution in [2.75, 3.05) is 26.4 Å². The lowest BCUT2D eigenvalue weighted by Crippen LogP contribution is -2.46. The van der Waals surface area contributed by atoms with Gasteiger partial charge in [-0.3, -0.25) is 9.59 Å². The highest BCUT2D eigenvalue weighted by Crippen LogP contribution is 2.30. The summed E-state index contributed by atoms with van der Waals surface area (Å²) in [5.41, 5.74) is -0.482. The zero-order valence-corrected chi connectivity index (χ0v) is 12.6. The van der Waals surface area contributed by atoms with Crippen LogP contribution < -0.4 is 10.1 Å². The number of ether oxygens (including phenoxy) is 2. The van der Waals surface area contributed by atoms with Crippen molar-refractivity contribution >= 4 is 11.9 Å². The predicted octanol–water partition coefficient (Wildman–Crippen LogP) is 1.70. The van der Waals surface area contributed by atoms with E-state index in [0.29, 0.717) is 44.0 Å². The summed E-state index contributed by atoms with van der Waals surface area (Å²) in [7, 11) is 0. The summed E-state index contributed by atoms with van der Waals surface area (Å²) in [6, 6.07) is 6.84. The summed E-state index contributed by atoms with van der Waals surface area (Å²) in [5.74, 6) is -0.568. The van der Waals surface area contributed by atoms with Crippen molar-refractivity contribution in [1.82, 2.24) is 5.32 Å². The number of carboxylic acid groups (broad SMARTS) is 1. The van der Waals surface area contributed by atoms with E-state index in [1.54, 1.807) is 24.3 Å². The van der Waals surface area contributed by atoms with Gasteiger partial charge in [-0.1, -0.05) is 6.07 Å². The molecular formula is C16H21NO5. The van der Waals surface area contributed by atoms with E-state index in [0.717, 1.165) is 0 Å². The maximum atomic E-state index is 12.2. The Morgan fingerprint density at radius 3 is 2.73 bits per heavy atom. The number of hydrogen-bond acceptors (Lipinski definition) is 4. The van der Waals surface area contributed by atoms with Crippen LogP contribution in [0.2, 0.25) is 0 Å². The van der Waals surface area contributed by atoms with Gasteiger partial charge in [-0.15, -0.1) is 0 Å². The van der Waals surface area contributed by atoms with Crippen LogP contribution in [0.4, 0.5) is 0 Å². The Morgan fingerprint density at radius 1 is 1.36 bits per heavy atom. The third kappa shape index (κ3) is 3.76. The van der Waals surface area contributed by atoms with Gasteiger partial charge in [0.15, 0.2) is 0 Å². The number of hydrogen-bond donors (Lipinski definition) is 2. The van der Waals surface area contributed by atoms with Gasteiger partial charge < -0.3 is 19.9 Å². The summed E-state index contributed by atoms with van der Waals surface area (Å²) in [4.78, 5) is 23.8. The smallest absolute Gasteiger partial charge is 0.311 e. The van der Waals surface area contributed by atoms with Crippen LogP contribution in [-0.2, 0) is 9.53 Å². The van der Waals surface area contributed by atoms with Crippen molar-refractivity contribution in [2.24, 2.45) is 5.41 Å². The Morgan fingerprint density at radius 2 is 2.09 bits per heavy atom. The molecule has 1 fully saturated rings. The van der Waals surface area contributed by atoms with Gasteiger partial charge in [0, 0.05) is 25.3 Å². The summed E-state index contributed by atoms with van der Waals surface area (Å²) in [6.07, 6.45) is 0.809. The molecule has 1 aromatic rings. The minimum Gasteiger partial charge on any atom is -0.494 e. The molecular weight excluding hydrogens is 286 g/mol. The second-order valence-corrected chi connectivity index (χ2v) is 5.34. The van der Waals surface area contributed by atoms with Crippen molar-refractivity contribution in [3.63, 3.8) is 0 Å². The number of aliphatic carboxylic acids is 1. The van der Waals surface area contributed by atoms with E-state index >= 15 is 0 Å². The molecule has 6 nitrogen and oxygen atoms in total. The molecule has 2 N–H and O–H groups in total. The summed E-state index contributed by atoms with van der Waals surface area (Å²) in [5, 5.41) is 12.2. The molecule has 0 spiro atoms. The first kappa shape index (κ1) is 16.3. The molecule has 1 amide bonds. The number of nitrogens with one attached hydrogen (secondary N) is 1. The van der Waals surface area contributed by atoms with E-state index in [4.69, 9.17) is 9.47 Å². The third-order valence-corrected chi connectivity index (χ3v) is 3.90. The second kappa shape index (κ2) is 7.26. The number of carboxylic acids is 1. The first-order valence-corrected chi connectivity index (χ1v) is 7.39. The van der Waals surface area contributed by atoms with Crippen molar-refractivity contribution < 1.29 is 24.2 Å². The summed E-state index contributed by atoms with van der Waals surface area (Å²) in [6.45, 7) is 3.30. The van der Waals surface area contributed by atoms with Gasteiger partial charge in [0.1, 0.15) is 5.75 Å². The van der Waals surface area contributed by atoms with Crippen LogP contribution in [-0.4, -0.2) is 43.3 Å². The summed E-state index contributed by atoms with van der Waals surface area (Å²) < 4.78 is 10.6. The highest BCUT2D eigenvalue weighted by atomic mass is 16.5. The van der Waals surface area contributed by atoms with E-state index in [2.05, 4.69) is 5.32 Å². The van der Waals surface area contributed by atoms with Gasteiger partial charge in [0.05, 0.1) is 12.0 Å². The lowest BCUT2D eigenvalue weighted by molar-refractivity contribution is -0.154. The lowest BCUT2D eigenvalue weighted by atomic mass is 9.80. The van der Waals surface area contributed by atoms with Crippen LogP contribution in [0.15, 0.2) is 24.3 Å². The molecule has 1 aromatic carbocycles. The molecule has 0 aliphatic carbocycles. The monoisotopic (exact) mass is 307 g/mol. The standard InChI is InChI=1S/C16H21NO5/c1-2-22-13-5-3-4-12(10-13)14(18)17-11-16(15(19)20)6-8-21-9-7-16/h3-5,10H,2,6-9,11H2,1H3,(H,17,18)(H,19,20). The van der Waals surface area contributed by atoms with Crippen LogP contribution in [0.3, 0.4) is 0 Å². The van der Waals surface area contributed by atoms with E-state index in [1.807, 2.05) is 6.92 Å². The number of rotatable bonds is 6. The molecule has 120 valence electrons. The minimum atomic E-state index is -0.939. The number of amides is 1. The average molecular weight is 307 g/mol. The molecule has 1 heterocycles. The van der Waals surface area contributed by atoms with Crippen LogP contribution >= 0.6 is 0 Å². The topological polar surface area (TPSA) is 84.9 Å². The van der Waals surface area contributed by atoms with Crippen molar-refractivity contribution in [3.8, 4) is 5.75 Å². The molecule has 0 bridgehead atoms. The number of benzene rings is 1. The predicted molar refractivity (Wildman–Crippen MR) is 80.1 cm³/mol. The molecule has 0 atom stereocenters. The number of carbonyl (C=O) groups excluding carboxylic acids is 1. The molecule has 0 saturated carbocycles. The Labute approximate surface area is 129 Å². The lowest BCUT2D eigenvalue weighted by Gasteiger charge is -2.33.